The zero-order chi connectivity index (χ0) is 19.2. The molecule has 2 heterocycles. The molecule has 0 saturated carbocycles. The normalized spacial score (nSPS) is 15.2. The molecular weight excluding hydrogens is 342 g/mol. The zero-order valence-electron chi connectivity index (χ0n) is 15.9. The van der Waals surface area contributed by atoms with Gasteiger partial charge in [0.05, 0.1) is 12.1 Å². The van der Waals surface area contributed by atoms with E-state index in [1.54, 1.807) is 6.08 Å². The third kappa shape index (κ3) is 4.84. The van der Waals surface area contributed by atoms with Crippen molar-refractivity contribution in [3.05, 3.63) is 59.0 Å². The molecule has 0 N–H and O–H groups in total. The van der Waals surface area contributed by atoms with Gasteiger partial charge in [-0.3, -0.25) is 9.59 Å². The molecule has 0 bridgehead atoms. The van der Waals surface area contributed by atoms with Crippen LogP contribution in [0.25, 0.3) is 6.08 Å². The predicted molar refractivity (Wildman–Crippen MR) is 103 cm³/mol. The Morgan fingerprint density at radius 2 is 1.78 bits per heavy atom. The second kappa shape index (κ2) is 8.66. The Morgan fingerprint density at radius 3 is 2.48 bits per heavy atom. The number of carbonyl (C=O) groups is 2. The average Bonchev–Trinajstić information content (AvgIpc) is 2.89. The molecule has 1 saturated heterocycles. The van der Waals surface area contributed by atoms with Gasteiger partial charge < -0.3 is 14.3 Å². The largest absolute Gasteiger partial charge is 0.361 e. The van der Waals surface area contributed by atoms with E-state index >= 15 is 0 Å². The minimum absolute atomic E-state index is 0.0149. The van der Waals surface area contributed by atoms with Crippen molar-refractivity contribution in [1.29, 1.82) is 0 Å². The first-order chi connectivity index (χ1) is 13.0. The highest BCUT2D eigenvalue weighted by atomic mass is 16.5. The minimum Gasteiger partial charge on any atom is -0.361 e. The summed E-state index contributed by atoms with van der Waals surface area (Å²) in [5.41, 5.74) is 2.62. The fourth-order valence-corrected chi connectivity index (χ4v) is 3.24. The molecule has 6 heteroatoms. The fourth-order valence-electron chi connectivity index (χ4n) is 3.24. The SMILES string of the molecule is Cc1noc(C)c1CC(=O)N1CCCN(C(=O)C=Cc2ccccc2)CC1. The van der Waals surface area contributed by atoms with Crippen LogP contribution in [0.3, 0.4) is 0 Å². The summed E-state index contributed by atoms with van der Waals surface area (Å²) in [5.74, 6) is 0.732. The van der Waals surface area contributed by atoms with Crippen LogP contribution in [0.5, 0.6) is 0 Å². The summed E-state index contributed by atoms with van der Waals surface area (Å²) in [4.78, 5) is 28.8. The van der Waals surface area contributed by atoms with Crippen LogP contribution in [0.4, 0.5) is 0 Å². The third-order valence-corrected chi connectivity index (χ3v) is 4.89. The van der Waals surface area contributed by atoms with Crippen LogP contribution in [-0.2, 0) is 16.0 Å². The lowest BCUT2D eigenvalue weighted by molar-refractivity contribution is -0.131. The summed E-state index contributed by atoms with van der Waals surface area (Å²) in [6, 6.07) is 9.75. The van der Waals surface area contributed by atoms with E-state index < -0.39 is 0 Å². The zero-order valence-corrected chi connectivity index (χ0v) is 15.9. The van der Waals surface area contributed by atoms with Gasteiger partial charge in [-0.25, -0.2) is 0 Å². The second-order valence-corrected chi connectivity index (χ2v) is 6.78. The third-order valence-electron chi connectivity index (χ3n) is 4.89. The maximum absolute atomic E-state index is 12.6. The van der Waals surface area contributed by atoms with Gasteiger partial charge >= 0.3 is 0 Å². The van der Waals surface area contributed by atoms with Crippen molar-refractivity contribution < 1.29 is 14.1 Å². The Morgan fingerprint density at radius 1 is 1.07 bits per heavy atom. The van der Waals surface area contributed by atoms with Gasteiger partial charge in [-0.1, -0.05) is 35.5 Å². The summed E-state index contributed by atoms with van der Waals surface area (Å²) in [5, 5.41) is 3.91. The van der Waals surface area contributed by atoms with Gasteiger partial charge in [-0.15, -0.1) is 0 Å². The van der Waals surface area contributed by atoms with E-state index in [1.807, 2.05) is 60.1 Å². The lowest BCUT2D eigenvalue weighted by Gasteiger charge is -2.21. The number of aromatic nitrogens is 1. The fraction of sp³-hybridized carbons (Fsp3) is 0.381. The first-order valence-corrected chi connectivity index (χ1v) is 9.26. The Bertz CT molecular complexity index is 807. The van der Waals surface area contributed by atoms with Gasteiger partial charge in [0, 0.05) is 37.8 Å². The molecule has 0 radical (unpaired) electrons. The maximum Gasteiger partial charge on any atom is 0.246 e. The van der Waals surface area contributed by atoms with E-state index in [9.17, 15) is 9.59 Å². The van der Waals surface area contributed by atoms with Crippen LogP contribution < -0.4 is 0 Å². The molecule has 1 fully saturated rings. The molecule has 1 aromatic heterocycles. The Labute approximate surface area is 159 Å². The summed E-state index contributed by atoms with van der Waals surface area (Å²) in [6.07, 6.45) is 4.51. The lowest BCUT2D eigenvalue weighted by atomic mass is 10.1. The van der Waals surface area contributed by atoms with Crippen LogP contribution in [-0.4, -0.2) is 52.9 Å². The summed E-state index contributed by atoms with van der Waals surface area (Å²) < 4.78 is 5.14. The number of benzene rings is 1. The van der Waals surface area contributed by atoms with Gasteiger partial charge in [0.25, 0.3) is 0 Å². The highest BCUT2D eigenvalue weighted by Gasteiger charge is 2.23. The Balaban J connectivity index is 1.56. The van der Waals surface area contributed by atoms with Gasteiger partial charge in [-0.2, -0.15) is 0 Å². The van der Waals surface area contributed by atoms with E-state index in [4.69, 9.17) is 4.52 Å². The van der Waals surface area contributed by atoms with Crippen LogP contribution in [0.15, 0.2) is 40.9 Å². The topological polar surface area (TPSA) is 66.7 Å². The second-order valence-electron chi connectivity index (χ2n) is 6.78. The van der Waals surface area contributed by atoms with Crippen molar-refractivity contribution in [2.24, 2.45) is 0 Å². The number of aryl methyl sites for hydroxylation is 2. The molecule has 0 spiro atoms. The van der Waals surface area contributed by atoms with Crippen molar-refractivity contribution in [2.45, 2.75) is 26.7 Å². The van der Waals surface area contributed by atoms with Gasteiger partial charge in [0.2, 0.25) is 11.8 Å². The van der Waals surface area contributed by atoms with E-state index in [0.29, 0.717) is 38.4 Å². The molecule has 6 nitrogen and oxygen atoms in total. The number of nitrogens with zero attached hydrogens (tertiary/aromatic N) is 3. The summed E-state index contributed by atoms with van der Waals surface area (Å²) in [6.45, 7) is 6.09. The van der Waals surface area contributed by atoms with E-state index in [1.165, 1.54) is 0 Å². The van der Waals surface area contributed by atoms with Gasteiger partial charge in [-0.05, 0) is 31.9 Å². The lowest BCUT2D eigenvalue weighted by Crippen LogP contribution is -2.37. The molecule has 142 valence electrons. The first kappa shape index (κ1) is 18.9. The number of amides is 2. The number of rotatable bonds is 4. The molecule has 2 amide bonds. The average molecular weight is 367 g/mol. The number of hydrogen-bond donors (Lipinski definition) is 0. The summed E-state index contributed by atoms with van der Waals surface area (Å²) >= 11 is 0. The highest BCUT2D eigenvalue weighted by molar-refractivity contribution is 5.91. The number of carbonyl (C=O) groups excluding carboxylic acids is 2. The molecule has 0 unspecified atom stereocenters. The molecule has 1 aliphatic rings. The molecule has 1 aliphatic heterocycles. The molecule has 0 aliphatic carbocycles. The molecule has 27 heavy (non-hydrogen) atoms. The molecular formula is C21H25N3O3. The quantitative estimate of drug-likeness (QED) is 0.779. The first-order valence-electron chi connectivity index (χ1n) is 9.26. The smallest absolute Gasteiger partial charge is 0.246 e. The summed E-state index contributed by atoms with van der Waals surface area (Å²) in [7, 11) is 0. The predicted octanol–water partition coefficient (Wildman–Crippen LogP) is 2.61. The van der Waals surface area contributed by atoms with E-state index in [-0.39, 0.29) is 11.8 Å². The minimum atomic E-state index is -0.0149. The van der Waals surface area contributed by atoms with Crippen LogP contribution in [0.1, 0.15) is 29.0 Å². The van der Waals surface area contributed by atoms with Gasteiger partial charge in [0.1, 0.15) is 5.76 Å². The highest BCUT2D eigenvalue weighted by Crippen LogP contribution is 2.15. The van der Waals surface area contributed by atoms with Crippen LogP contribution in [0, 0.1) is 13.8 Å². The van der Waals surface area contributed by atoms with Crippen molar-refractivity contribution in [3.63, 3.8) is 0 Å². The van der Waals surface area contributed by atoms with Crippen molar-refractivity contribution in [2.75, 3.05) is 26.2 Å². The van der Waals surface area contributed by atoms with Crippen molar-refractivity contribution in [3.8, 4) is 0 Å². The molecule has 1 aromatic carbocycles. The Kier molecular flexibility index (Phi) is 6.06. The van der Waals surface area contributed by atoms with Gasteiger partial charge in [0.15, 0.2) is 0 Å². The Hall–Kier alpha value is -2.89. The standard InChI is InChI=1S/C21H25N3O3/c1-16-19(17(2)27-22-16)15-21(26)24-12-6-11-23(13-14-24)20(25)10-9-18-7-4-3-5-8-18/h3-5,7-10H,6,11-15H2,1-2H3. The van der Waals surface area contributed by atoms with Crippen molar-refractivity contribution in [1.82, 2.24) is 15.0 Å². The van der Waals surface area contributed by atoms with Crippen LogP contribution in [0.2, 0.25) is 0 Å². The van der Waals surface area contributed by atoms with E-state index in [2.05, 4.69) is 5.16 Å². The molecule has 0 atom stereocenters. The van der Waals surface area contributed by atoms with Crippen molar-refractivity contribution >= 4 is 17.9 Å². The molecule has 3 rings (SSSR count). The van der Waals surface area contributed by atoms with Crippen LogP contribution >= 0.6 is 0 Å². The maximum atomic E-state index is 12.6. The number of hydrogen-bond acceptors (Lipinski definition) is 4. The molecule has 2 aromatic rings. The monoisotopic (exact) mass is 367 g/mol. The van der Waals surface area contributed by atoms with E-state index in [0.717, 1.165) is 23.2 Å².